The topological polar surface area (TPSA) is 102 Å². The fourth-order valence-electron chi connectivity index (χ4n) is 4.53. The molecule has 0 unspecified atom stereocenters. The number of para-hydroxylation sites is 1. The first-order valence-electron chi connectivity index (χ1n) is 9.15. The first-order valence-corrected chi connectivity index (χ1v) is 9.97. The average molecular weight is 408 g/mol. The van der Waals surface area contributed by atoms with Crippen molar-refractivity contribution in [3.05, 3.63) is 66.2 Å². The van der Waals surface area contributed by atoms with Gasteiger partial charge in [-0.05, 0) is 17.7 Å². The molecule has 3 aliphatic rings. The molecule has 2 amide bonds. The van der Waals surface area contributed by atoms with E-state index >= 15 is 0 Å². The summed E-state index contributed by atoms with van der Waals surface area (Å²) in [6, 6.07) is 17.9. The van der Waals surface area contributed by atoms with E-state index in [-0.39, 0.29) is 6.42 Å². The second kappa shape index (κ2) is 6.18. The van der Waals surface area contributed by atoms with Crippen LogP contribution in [0.5, 0.6) is 0 Å². The van der Waals surface area contributed by atoms with E-state index in [9.17, 15) is 19.2 Å². The maximum absolute atomic E-state index is 13.1. The third kappa shape index (κ3) is 2.45. The molecule has 0 spiro atoms. The molecule has 29 heavy (non-hydrogen) atoms. The molecule has 2 aromatic rings. The zero-order valence-electron chi connectivity index (χ0n) is 15.1. The minimum atomic E-state index is -1.40. The molecule has 3 heterocycles. The maximum atomic E-state index is 13.1. The highest BCUT2D eigenvalue weighted by molar-refractivity contribution is 8.03. The van der Waals surface area contributed by atoms with Gasteiger partial charge in [0.15, 0.2) is 0 Å². The van der Waals surface area contributed by atoms with Gasteiger partial charge in [0, 0.05) is 5.69 Å². The normalized spacial score (nSPS) is 31.9. The van der Waals surface area contributed by atoms with Crippen LogP contribution in [0.1, 0.15) is 12.0 Å². The summed E-state index contributed by atoms with van der Waals surface area (Å²) in [5, 5.41) is 5.66. The molecular weight excluding hydrogens is 392 g/mol. The third-order valence-electron chi connectivity index (χ3n) is 5.69. The molecule has 5 rings (SSSR count). The molecule has 3 aliphatic heterocycles. The largest absolute Gasteiger partial charge is 0.393 e. The number of nitrogens with one attached hydrogen (secondary N) is 2. The molecule has 2 aromatic carbocycles. The number of hydrogen-bond acceptors (Lipinski definition) is 6. The SMILES string of the molecule is O=C(C[C@@]12S[C@@](c3ccccc3)(NC1=O)[C@H]1C(=O)OC(=O)[C@H]12)Nc1ccccc1. The number of esters is 2. The fraction of sp³-hybridized carbons (Fsp3) is 0.238. The zero-order valence-corrected chi connectivity index (χ0v) is 15.9. The number of carbonyl (C=O) groups is 4. The molecule has 2 bridgehead atoms. The maximum Gasteiger partial charge on any atom is 0.321 e. The van der Waals surface area contributed by atoms with Crippen LogP contribution in [0, 0.1) is 11.8 Å². The van der Waals surface area contributed by atoms with Crippen molar-refractivity contribution in [2.75, 3.05) is 5.32 Å². The van der Waals surface area contributed by atoms with Gasteiger partial charge in [0.25, 0.3) is 0 Å². The number of fused-ring (bicyclic) bond motifs is 5. The number of carbonyl (C=O) groups excluding carboxylic acids is 4. The van der Waals surface area contributed by atoms with Gasteiger partial charge >= 0.3 is 11.9 Å². The molecule has 4 atom stereocenters. The van der Waals surface area contributed by atoms with Crippen LogP contribution in [-0.4, -0.2) is 28.5 Å². The summed E-state index contributed by atoms with van der Waals surface area (Å²) >= 11 is 1.18. The summed E-state index contributed by atoms with van der Waals surface area (Å²) in [5.41, 5.74) is 1.29. The lowest BCUT2D eigenvalue weighted by Crippen LogP contribution is -2.57. The molecule has 7 nitrogen and oxygen atoms in total. The standard InChI is InChI=1S/C21H16N2O5S/c24-14(22-13-9-5-2-6-10-13)11-20-15-16(18(26)28-17(15)25)21(29-20,23-19(20)27)12-7-3-1-4-8-12/h1-10,15-16H,11H2,(H,22,24)(H,23,27)/t15-,16+,20-,21+/m0/s1. The monoisotopic (exact) mass is 408 g/mol. The van der Waals surface area contributed by atoms with Crippen molar-refractivity contribution in [2.24, 2.45) is 11.8 Å². The van der Waals surface area contributed by atoms with E-state index in [0.717, 1.165) is 0 Å². The Morgan fingerprint density at radius 1 is 0.966 bits per heavy atom. The summed E-state index contributed by atoms with van der Waals surface area (Å²) in [5.74, 6) is -4.12. The van der Waals surface area contributed by atoms with Crippen LogP contribution in [0.15, 0.2) is 60.7 Å². The Labute approximate surface area is 170 Å². The number of cyclic esters (lactones) is 2. The van der Waals surface area contributed by atoms with Gasteiger partial charge in [-0.1, -0.05) is 48.5 Å². The van der Waals surface area contributed by atoms with Gasteiger partial charge < -0.3 is 15.4 Å². The minimum Gasteiger partial charge on any atom is -0.393 e. The first kappa shape index (κ1) is 17.9. The second-order valence-corrected chi connectivity index (χ2v) is 8.91. The van der Waals surface area contributed by atoms with Gasteiger partial charge in [0.1, 0.15) is 15.5 Å². The number of rotatable bonds is 4. The summed E-state index contributed by atoms with van der Waals surface area (Å²) < 4.78 is 3.51. The van der Waals surface area contributed by atoms with E-state index in [1.54, 1.807) is 48.5 Å². The van der Waals surface area contributed by atoms with Crippen LogP contribution < -0.4 is 10.6 Å². The van der Waals surface area contributed by atoms with Crippen molar-refractivity contribution < 1.29 is 23.9 Å². The number of amides is 2. The molecule has 146 valence electrons. The summed E-state index contributed by atoms with van der Waals surface area (Å²) in [6.07, 6.45) is -0.240. The molecular formula is C21H16N2O5S. The molecule has 0 radical (unpaired) electrons. The van der Waals surface area contributed by atoms with Gasteiger partial charge in [-0.25, -0.2) is 0 Å². The van der Waals surface area contributed by atoms with Gasteiger partial charge in [0.2, 0.25) is 11.8 Å². The number of hydrogen-bond donors (Lipinski definition) is 2. The average Bonchev–Trinajstić information content (AvgIpc) is 3.29. The molecule has 2 N–H and O–H groups in total. The summed E-state index contributed by atoms with van der Waals surface area (Å²) in [6.45, 7) is 0. The van der Waals surface area contributed by atoms with Crippen LogP contribution >= 0.6 is 11.8 Å². The van der Waals surface area contributed by atoms with Crippen LogP contribution in [0.2, 0.25) is 0 Å². The van der Waals surface area contributed by atoms with E-state index in [0.29, 0.717) is 11.3 Å². The molecule has 3 fully saturated rings. The molecule has 8 heteroatoms. The number of piperidine rings is 1. The number of anilines is 1. The molecule has 0 aromatic heterocycles. The second-order valence-electron chi connectivity index (χ2n) is 7.33. The Kier molecular flexibility index (Phi) is 3.82. The number of thioether (sulfide) groups is 1. The lowest BCUT2D eigenvalue weighted by Gasteiger charge is -2.33. The van der Waals surface area contributed by atoms with Gasteiger partial charge in [-0.2, -0.15) is 0 Å². The predicted molar refractivity (Wildman–Crippen MR) is 104 cm³/mol. The van der Waals surface area contributed by atoms with Crippen LogP contribution in [0.25, 0.3) is 0 Å². The van der Waals surface area contributed by atoms with Gasteiger partial charge in [-0.15, -0.1) is 11.8 Å². The number of ether oxygens (including phenoxy) is 1. The lowest BCUT2D eigenvalue weighted by atomic mass is 9.72. The Balaban J connectivity index is 1.54. The predicted octanol–water partition coefficient (Wildman–Crippen LogP) is 1.80. The van der Waals surface area contributed by atoms with Crippen molar-refractivity contribution in [1.82, 2.24) is 5.32 Å². The van der Waals surface area contributed by atoms with Crippen LogP contribution in [-0.2, 0) is 28.8 Å². The fourth-order valence-corrected chi connectivity index (χ4v) is 6.56. The van der Waals surface area contributed by atoms with Crippen molar-refractivity contribution in [3.63, 3.8) is 0 Å². The van der Waals surface area contributed by atoms with E-state index in [1.165, 1.54) is 11.8 Å². The van der Waals surface area contributed by atoms with Crippen LogP contribution in [0.4, 0.5) is 5.69 Å². The van der Waals surface area contributed by atoms with E-state index in [1.807, 2.05) is 12.1 Å². The quantitative estimate of drug-likeness (QED) is 0.591. The van der Waals surface area contributed by atoms with Crippen molar-refractivity contribution >= 4 is 41.2 Å². The number of benzene rings is 2. The van der Waals surface area contributed by atoms with Gasteiger partial charge in [-0.3, -0.25) is 19.2 Å². The summed E-state index contributed by atoms with van der Waals surface area (Å²) in [4.78, 5) is 49.8. The minimum absolute atomic E-state index is 0.240. The Hall–Kier alpha value is -3.13. The highest BCUT2D eigenvalue weighted by Gasteiger charge is 2.79. The van der Waals surface area contributed by atoms with E-state index < -0.39 is 45.2 Å². The zero-order chi connectivity index (χ0) is 20.2. The van der Waals surface area contributed by atoms with Crippen molar-refractivity contribution in [1.29, 1.82) is 0 Å². The van der Waals surface area contributed by atoms with Crippen LogP contribution in [0.3, 0.4) is 0 Å². The Bertz CT molecular complexity index is 1040. The summed E-state index contributed by atoms with van der Waals surface area (Å²) in [7, 11) is 0. The molecule has 3 saturated heterocycles. The first-order chi connectivity index (χ1) is 14.0. The third-order valence-corrected chi connectivity index (χ3v) is 7.55. The Morgan fingerprint density at radius 2 is 1.59 bits per heavy atom. The Morgan fingerprint density at radius 3 is 2.28 bits per heavy atom. The van der Waals surface area contributed by atoms with E-state index in [4.69, 9.17) is 4.74 Å². The highest BCUT2D eigenvalue weighted by Crippen LogP contribution is 2.68. The van der Waals surface area contributed by atoms with E-state index in [2.05, 4.69) is 10.6 Å². The van der Waals surface area contributed by atoms with Crippen molar-refractivity contribution in [3.8, 4) is 0 Å². The molecule has 0 saturated carbocycles. The smallest absolute Gasteiger partial charge is 0.321 e. The molecule has 0 aliphatic carbocycles. The van der Waals surface area contributed by atoms with Gasteiger partial charge in [0.05, 0.1) is 12.3 Å². The highest BCUT2D eigenvalue weighted by atomic mass is 32.2. The van der Waals surface area contributed by atoms with Crippen molar-refractivity contribution in [2.45, 2.75) is 16.0 Å². The lowest BCUT2D eigenvalue weighted by molar-refractivity contribution is -0.154.